The molecule has 34 heavy (non-hydrogen) atoms. The summed E-state index contributed by atoms with van der Waals surface area (Å²) in [6, 6.07) is 8.09. The molecule has 3 aliphatic carbocycles. The van der Waals surface area contributed by atoms with Crippen molar-refractivity contribution >= 4 is 16.7 Å². The Morgan fingerprint density at radius 2 is 1.97 bits per heavy atom. The number of ether oxygens (including phenoxy) is 2. The summed E-state index contributed by atoms with van der Waals surface area (Å²) < 4.78 is 12.8. The van der Waals surface area contributed by atoms with E-state index >= 15 is 0 Å². The van der Waals surface area contributed by atoms with E-state index in [0.29, 0.717) is 29.9 Å². The topological polar surface area (TPSA) is 95.3 Å². The highest BCUT2D eigenvalue weighted by Crippen LogP contribution is 2.71. The van der Waals surface area contributed by atoms with Gasteiger partial charge in [0.15, 0.2) is 17.7 Å². The van der Waals surface area contributed by atoms with E-state index in [1.54, 1.807) is 6.08 Å². The molecule has 1 spiro atoms. The third-order valence-corrected chi connectivity index (χ3v) is 10.5. The predicted octanol–water partition coefficient (Wildman–Crippen LogP) is 4.19. The van der Waals surface area contributed by atoms with Gasteiger partial charge >= 0.3 is 0 Å². The van der Waals surface area contributed by atoms with Gasteiger partial charge in [0.05, 0.1) is 17.2 Å². The summed E-state index contributed by atoms with van der Waals surface area (Å²) >= 11 is 0. The molecule has 6 heteroatoms. The standard InChI is InChI=1S/C28H30N2O4/c1-24(2)23-20(31)13-21-27(32)8-7-16-12-18-17-11-15(14-29)5-6-19(17)30-22(18)26(16,4)25(27,3)9-10-28(21,33-23)34-24/h5-6,11,13,16,23,30,32H,7-10,12H2,1-4H3/t16?,23?,25?,26-,27-,28?/m1/s1. The summed E-state index contributed by atoms with van der Waals surface area (Å²) in [4.78, 5) is 16.8. The molecule has 2 bridgehead atoms. The minimum atomic E-state index is -1.21. The van der Waals surface area contributed by atoms with Crippen molar-refractivity contribution in [3.05, 3.63) is 46.7 Å². The van der Waals surface area contributed by atoms with E-state index in [1.165, 1.54) is 11.3 Å². The number of rotatable bonds is 0. The zero-order valence-electron chi connectivity index (χ0n) is 20.1. The first-order valence-electron chi connectivity index (χ1n) is 12.4. The van der Waals surface area contributed by atoms with Gasteiger partial charge in [-0.25, -0.2) is 0 Å². The highest BCUT2D eigenvalue weighted by atomic mass is 16.8. The molecular formula is C28H30N2O4. The molecule has 2 aromatic rings. The minimum absolute atomic E-state index is 0.111. The number of hydrogen-bond donors (Lipinski definition) is 2. The molecule has 6 nitrogen and oxygen atoms in total. The van der Waals surface area contributed by atoms with E-state index in [1.807, 2.05) is 32.0 Å². The van der Waals surface area contributed by atoms with Crippen LogP contribution in [0, 0.1) is 22.7 Å². The lowest BCUT2D eigenvalue weighted by molar-refractivity contribution is -0.247. The van der Waals surface area contributed by atoms with Crippen LogP contribution < -0.4 is 0 Å². The number of benzene rings is 1. The van der Waals surface area contributed by atoms with Gasteiger partial charge in [0, 0.05) is 39.4 Å². The first-order chi connectivity index (χ1) is 16.0. The van der Waals surface area contributed by atoms with Crippen LogP contribution in [0.15, 0.2) is 29.8 Å². The summed E-state index contributed by atoms with van der Waals surface area (Å²) in [5.41, 5.74) is 1.99. The number of aliphatic hydroxyl groups is 1. The molecule has 1 saturated heterocycles. The lowest BCUT2D eigenvalue weighted by Crippen LogP contribution is -2.69. The van der Waals surface area contributed by atoms with Gasteiger partial charge in [0.1, 0.15) is 5.60 Å². The quantitative estimate of drug-likeness (QED) is 0.617. The average Bonchev–Trinajstić information content (AvgIpc) is 3.38. The molecular weight excluding hydrogens is 428 g/mol. The lowest BCUT2D eigenvalue weighted by Gasteiger charge is -2.65. The van der Waals surface area contributed by atoms with Gasteiger partial charge in [-0.3, -0.25) is 4.79 Å². The molecule has 2 aliphatic heterocycles. The molecule has 2 saturated carbocycles. The van der Waals surface area contributed by atoms with Crippen molar-refractivity contribution in [1.82, 2.24) is 4.98 Å². The second-order valence-electron chi connectivity index (χ2n) is 12.1. The number of carbonyl (C=O) groups excluding carboxylic acids is 1. The van der Waals surface area contributed by atoms with Crippen molar-refractivity contribution in [3.8, 4) is 6.07 Å². The molecule has 0 radical (unpaired) electrons. The number of fused-ring (bicyclic) bond motifs is 9. The number of hydrogen-bond acceptors (Lipinski definition) is 5. The Kier molecular flexibility index (Phi) is 3.59. The van der Waals surface area contributed by atoms with Crippen LogP contribution in [-0.2, 0) is 26.1 Å². The van der Waals surface area contributed by atoms with Crippen LogP contribution in [0.5, 0.6) is 0 Å². The molecule has 5 aliphatic rings. The maximum atomic E-state index is 13.1. The summed E-state index contributed by atoms with van der Waals surface area (Å²) in [7, 11) is 0. The monoisotopic (exact) mass is 458 g/mol. The molecule has 176 valence electrons. The number of ketones is 1. The van der Waals surface area contributed by atoms with Crippen molar-refractivity contribution in [2.75, 3.05) is 0 Å². The van der Waals surface area contributed by atoms with Gasteiger partial charge in [-0.2, -0.15) is 5.26 Å². The Morgan fingerprint density at radius 1 is 1.18 bits per heavy atom. The molecule has 3 heterocycles. The van der Waals surface area contributed by atoms with Crippen molar-refractivity contribution < 1.29 is 19.4 Å². The van der Waals surface area contributed by atoms with Gasteiger partial charge in [-0.1, -0.05) is 13.8 Å². The van der Waals surface area contributed by atoms with Gasteiger partial charge in [0.2, 0.25) is 0 Å². The second kappa shape index (κ2) is 5.84. The van der Waals surface area contributed by atoms with Crippen LogP contribution in [-0.4, -0.2) is 39.0 Å². The van der Waals surface area contributed by atoms with Crippen molar-refractivity contribution in [3.63, 3.8) is 0 Å². The van der Waals surface area contributed by atoms with E-state index in [2.05, 4.69) is 24.9 Å². The van der Waals surface area contributed by atoms with Gasteiger partial charge in [-0.05, 0) is 75.3 Å². The number of nitrogens with one attached hydrogen (secondary N) is 1. The van der Waals surface area contributed by atoms with Crippen molar-refractivity contribution in [2.45, 2.75) is 88.3 Å². The lowest BCUT2D eigenvalue weighted by atomic mass is 9.42. The van der Waals surface area contributed by atoms with Gasteiger partial charge < -0.3 is 19.6 Å². The number of nitriles is 1. The Bertz CT molecular complexity index is 1380. The maximum Gasteiger partial charge on any atom is 0.195 e. The smallest absolute Gasteiger partial charge is 0.195 e. The van der Waals surface area contributed by atoms with Crippen LogP contribution >= 0.6 is 0 Å². The fourth-order valence-corrected chi connectivity index (χ4v) is 8.51. The number of H-pyrrole nitrogens is 1. The molecule has 1 aromatic heterocycles. The molecule has 2 N–H and O–H groups in total. The molecule has 3 fully saturated rings. The predicted molar refractivity (Wildman–Crippen MR) is 125 cm³/mol. The average molecular weight is 459 g/mol. The molecule has 0 amide bonds. The fourth-order valence-electron chi connectivity index (χ4n) is 8.51. The van der Waals surface area contributed by atoms with Crippen LogP contribution in [0.3, 0.4) is 0 Å². The summed E-state index contributed by atoms with van der Waals surface area (Å²) in [5.74, 6) is -0.763. The van der Waals surface area contributed by atoms with E-state index in [4.69, 9.17) is 9.47 Å². The molecule has 6 atom stereocenters. The first kappa shape index (κ1) is 20.9. The molecule has 1 aromatic carbocycles. The third-order valence-electron chi connectivity index (χ3n) is 10.5. The van der Waals surface area contributed by atoms with Crippen LogP contribution in [0.25, 0.3) is 10.9 Å². The highest BCUT2D eigenvalue weighted by Gasteiger charge is 2.75. The van der Waals surface area contributed by atoms with E-state index in [0.717, 1.165) is 30.2 Å². The van der Waals surface area contributed by atoms with E-state index in [9.17, 15) is 15.2 Å². The first-order valence-corrected chi connectivity index (χ1v) is 12.4. The third kappa shape index (κ3) is 2.04. The van der Waals surface area contributed by atoms with Crippen LogP contribution in [0.2, 0.25) is 0 Å². The van der Waals surface area contributed by atoms with Crippen molar-refractivity contribution in [2.24, 2.45) is 11.3 Å². The Balaban J connectivity index is 1.42. The highest BCUT2D eigenvalue weighted by molar-refractivity contribution is 5.97. The maximum absolute atomic E-state index is 13.1. The zero-order valence-corrected chi connectivity index (χ0v) is 20.1. The van der Waals surface area contributed by atoms with Crippen molar-refractivity contribution in [1.29, 1.82) is 5.26 Å². The SMILES string of the molecule is CC1(C)OC23CCC4(C)[C@@](O)(CCC5Cc6c([nH]c7ccc(C#N)cc67)[C@@]54C)C2=CC(=O)C1O3. The largest absolute Gasteiger partial charge is 0.385 e. The van der Waals surface area contributed by atoms with Crippen LogP contribution in [0.4, 0.5) is 0 Å². The normalized spacial score (nSPS) is 43.5. The van der Waals surface area contributed by atoms with E-state index in [-0.39, 0.29) is 11.2 Å². The van der Waals surface area contributed by atoms with Gasteiger partial charge in [0.25, 0.3) is 0 Å². The Labute approximate surface area is 198 Å². The zero-order chi connectivity index (χ0) is 23.9. The summed E-state index contributed by atoms with van der Waals surface area (Å²) in [6.45, 7) is 8.30. The molecule has 7 rings (SSSR count). The summed E-state index contributed by atoms with van der Waals surface area (Å²) in [5, 5.41) is 23.2. The van der Waals surface area contributed by atoms with Gasteiger partial charge in [-0.15, -0.1) is 0 Å². The van der Waals surface area contributed by atoms with E-state index < -0.39 is 28.5 Å². The number of carbonyl (C=O) groups is 1. The number of aromatic amines is 1. The number of aromatic nitrogens is 1. The summed E-state index contributed by atoms with van der Waals surface area (Å²) in [6.07, 6.45) is 4.72. The number of nitrogens with zero attached hydrogens (tertiary/aromatic N) is 1. The van der Waals surface area contributed by atoms with Crippen LogP contribution in [0.1, 0.15) is 70.2 Å². The Morgan fingerprint density at radius 3 is 2.74 bits per heavy atom. The Hall–Kier alpha value is -2.46. The second-order valence-corrected chi connectivity index (χ2v) is 12.1. The minimum Gasteiger partial charge on any atom is -0.385 e. The fraction of sp³-hybridized carbons (Fsp3) is 0.571. The molecule has 4 unspecified atom stereocenters.